The zero-order valence-corrected chi connectivity index (χ0v) is 16.8. The van der Waals surface area contributed by atoms with Crippen molar-refractivity contribution in [3.05, 3.63) is 80.4 Å². The topological polar surface area (TPSA) is 157 Å². The van der Waals surface area contributed by atoms with Crippen LogP contribution in [0.25, 0.3) is 12.2 Å². The van der Waals surface area contributed by atoms with Gasteiger partial charge in [0.25, 0.3) is 11.8 Å². The molecule has 0 bridgehead atoms. The number of anilines is 1. The van der Waals surface area contributed by atoms with Crippen LogP contribution in [-0.2, 0) is 4.79 Å². The summed E-state index contributed by atoms with van der Waals surface area (Å²) in [4.78, 5) is 39.3. The van der Waals surface area contributed by atoms with Gasteiger partial charge in [0.15, 0.2) is 18.1 Å². The summed E-state index contributed by atoms with van der Waals surface area (Å²) in [6.45, 7) is -0.229. The van der Waals surface area contributed by atoms with E-state index < -0.39 is 22.0 Å². The summed E-state index contributed by atoms with van der Waals surface area (Å²) in [6.07, 6.45) is 2.89. The maximum atomic E-state index is 12.0. The lowest BCUT2D eigenvalue weighted by Crippen LogP contribution is -2.20. The predicted molar refractivity (Wildman–Crippen MR) is 116 cm³/mol. The highest BCUT2D eigenvalue weighted by Crippen LogP contribution is 2.29. The van der Waals surface area contributed by atoms with Gasteiger partial charge in [-0.25, -0.2) is 0 Å². The van der Waals surface area contributed by atoms with Crippen LogP contribution in [0.15, 0.2) is 53.3 Å². The average molecular weight is 438 g/mol. The fourth-order valence-electron chi connectivity index (χ4n) is 2.66. The number of methoxy groups -OCH3 is 1. The molecular formula is C21H18N4O7. The van der Waals surface area contributed by atoms with Crippen molar-refractivity contribution in [3.8, 4) is 17.4 Å². The van der Waals surface area contributed by atoms with E-state index in [4.69, 9.17) is 9.47 Å². The molecule has 164 valence electrons. The molecule has 32 heavy (non-hydrogen) atoms. The first kappa shape index (κ1) is 22.0. The standard InChI is InChI=1S/C21H18N4O7/c1-31-16-11-13(8-10-17-23-20(27)19(25(29)30)21(28)24-17)7-9-15(16)32-12-18(26)22-14-5-3-2-4-6-14/h2-11H,12H2,1H3,(H,22,26)(H2,23,24,27,28)/b10-8+. The minimum Gasteiger partial charge on any atom is -0.493 e. The Morgan fingerprint density at radius 1 is 1.22 bits per heavy atom. The number of para-hydroxylation sites is 1. The lowest BCUT2D eigenvalue weighted by Gasteiger charge is -2.11. The molecule has 0 aliphatic heterocycles. The highest BCUT2D eigenvalue weighted by molar-refractivity contribution is 5.91. The molecule has 0 saturated heterocycles. The first-order chi connectivity index (χ1) is 15.4. The van der Waals surface area contributed by atoms with Gasteiger partial charge in [-0.2, -0.15) is 4.98 Å². The number of amides is 1. The number of nitro groups is 1. The van der Waals surface area contributed by atoms with Crippen LogP contribution in [0.2, 0.25) is 0 Å². The second kappa shape index (κ2) is 9.89. The molecule has 2 aromatic carbocycles. The summed E-state index contributed by atoms with van der Waals surface area (Å²) >= 11 is 0. The minimum absolute atomic E-state index is 0.0741. The van der Waals surface area contributed by atoms with Gasteiger partial charge in [0.05, 0.1) is 12.0 Å². The molecule has 0 atom stereocenters. The summed E-state index contributed by atoms with van der Waals surface area (Å²) in [5, 5.41) is 23.0. The van der Waals surface area contributed by atoms with Gasteiger partial charge >= 0.3 is 11.2 Å². The molecule has 0 aliphatic carbocycles. The number of aromatic nitrogens is 2. The van der Waals surface area contributed by atoms with Crippen LogP contribution in [0.1, 0.15) is 11.4 Å². The van der Waals surface area contributed by atoms with E-state index >= 15 is 0 Å². The van der Waals surface area contributed by atoms with Gasteiger partial charge in [-0.05, 0) is 35.9 Å². The molecule has 11 heteroatoms. The van der Waals surface area contributed by atoms with Crippen molar-refractivity contribution in [2.45, 2.75) is 0 Å². The number of hydrogen-bond acceptors (Lipinski definition) is 8. The first-order valence-electron chi connectivity index (χ1n) is 9.19. The highest BCUT2D eigenvalue weighted by atomic mass is 16.6. The zero-order valence-electron chi connectivity index (χ0n) is 16.8. The van der Waals surface area contributed by atoms with Gasteiger partial charge in [-0.3, -0.25) is 19.7 Å². The largest absolute Gasteiger partial charge is 0.493 e. The monoisotopic (exact) mass is 438 g/mol. The summed E-state index contributed by atoms with van der Waals surface area (Å²) in [5.41, 5.74) is -0.834. The second-order valence-corrected chi connectivity index (χ2v) is 6.33. The number of rotatable bonds is 8. The number of aromatic hydroxyl groups is 1. The van der Waals surface area contributed by atoms with Crippen molar-refractivity contribution < 1.29 is 24.3 Å². The van der Waals surface area contributed by atoms with Gasteiger partial charge in [0.2, 0.25) is 0 Å². The third-order valence-corrected chi connectivity index (χ3v) is 4.12. The van der Waals surface area contributed by atoms with Crippen molar-refractivity contribution in [1.29, 1.82) is 0 Å². The van der Waals surface area contributed by atoms with E-state index in [-0.39, 0.29) is 18.3 Å². The molecule has 0 saturated carbocycles. The Morgan fingerprint density at radius 3 is 2.62 bits per heavy atom. The van der Waals surface area contributed by atoms with Crippen LogP contribution in [-0.4, -0.2) is 39.6 Å². The molecule has 11 nitrogen and oxygen atoms in total. The minimum atomic E-state index is -1.07. The molecule has 3 N–H and O–H groups in total. The van der Waals surface area contributed by atoms with Crippen molar-refractivity contribution in [3.63, 3.8) is 0 Å². The normalized spacial score (nSPS) is 10.7. The Kier molecular flexibility index (Phi) is 6.81. The maximum absolute atomic E-state index is 12.0. The molecule has 0 fully saturated rings. The molecule has 1 aromatic heterocycles. The molecular weight excluding hydrogens is 420 g/mol. The third kappa shape index (κ3) is 5.48. The van der Waals surface area contributed by atoms with E-state index in [9.17, 15) is 24.8 Å². The maximum Gasteiger partial charge on any atom is 0.395 e. The molecule has 0 unspecified atom stereocenters. The number of nitrogens with zero attached hydrogens (tertiary/aromatic N) is 2. The SMILES string of the molecule is COc1cc(/C=C/c2nc(O)c([N+](=O)[O-])c(=O)[nH]2)ccc1OCC(=O)Nc1ccccc1. The van der Waals surface area contributed by atoms with Gasteiger partial charge in [-0.15, -0.1) is 0 Å². The Hall–Kier alpha value is -4.67. The van der Waals surface area contributed by atoms with E-state index in [0.29, 0.717) is 22.7 Å². The number of aromatic amines is 1. The van der Waals surface area contributed by atoms with Crippen LogP contribution in [0, 0.1) is 10.1 Å². The Morgan fingerprint density at radius 2 is 1.97 bits per heavy atom. The van der Waals surface area contributed by atoms with Crippen molar-refractivity contribution in [2.75, 3.05) is 19.0 Å². The molecule has 0 aliphatic rings. The van der Waals surface area contributed by atoms with Crippen LogP contribution in [0.3, 0.4) is 0 Å². The Labute approximate surface area is 181 Å². The van der Waals surface area contributed by atoms with E-state index in [1.807, 2.05) is 6.07 Å². The van der Waals surface area contributed by atoms with E-state index in [1.165, 1.54) is 19.3 Å². The fourth-order valence-corrected chi connectivity index (χ4v) is 2.66. The number of ether oxygens (including phenoxy) is 2. The van der Waals surface area contributed by atoms with Crippen LogP contribution >= 0.6 is 0 Å². The first-order valence-corrected chi connectivity index (χ1v) is 9.19. The van der Waals surface area contributed by atoms with Crippen molar-refractivity contribution in [1.82, 2.24) is 9.97 Å². The Balaban J connectivity index is 1.69. The van der Waals surface area contributed by atoms with Crippen molar-refractivity contribution in [2.24, 2.45) is 0 Å². The molecule has 1 amide bonds. The van der Waals surface area contributed by atoms with Gasteiger partial charge in [0.1, 0.15) is 5.82 Å². The zero-order chi connectivity index (χ0) is 23.1. The van der Waals surface area contributed by atoms with Gasteiger partial charge < -0.3 is 24.9 Å². The molecule has 3 aromatic rings. The average Bonchev–Trinajstić information content (AvgIpc) is 2.76. The Bertz CT molecular complexity index is 1220. The number of hydrogen-bond donors (Lipinski definition) is 3. The lowest BCUT2D eigenvalue weighted by molar-refractivity contribution is -0.387. The summed E-state index contributed by atoms with van der Waals surface area (Å²) < 4.78 is 10.8. The predicted octanol–water partition coefficient (Wildman–Crippen LogP) is 2.58. The van der Waals surface area contributed by atoms with E-state index in [2.05, 4.69) is 15.3 Å². The quantitative estimate of drug-likeness (QED) is 0.358. The number of nitrogens with one attached hydrogen (secondary N) is 2. The van der Waals surface area contributed by atoms with Crippen LogP contribution in [0.5, 0.6) is 17.4 Å². The molecule has 1 heterocycles. The molecule has 0 radical (unpaired) electrons. The summed E-state index contributed by atoms with van der Waals surface area (Å²) in [7, 11) is 1.44. The third-order valence-electron chi connectivity index (χ3n) is 4.12. The number of carbonyl (C=O) groups is 1. The molecule has 0 spiro atoms. The van der Waals surface area contributed by atoms with Gasteiger partial charge in [0, 0.05) is 5.69 Å². The number of benzene rings is 2. The summed E-state index contributed by atoms with van der Waals surface area (Å²) in [5.74, 6) is -0.696. The van der Waals surface area contributed by atoms with E-state index in [0.717, 1.165) is 0 Å². The fraction of sp³-hybridized carbons (Fsp3) is 0.0952. The van der Waals surface area contributed by atoms with Gasteiger partial charge in [-0.1, -0.05) is 30.3 Å². The van der Waals surface area contributed by atoms with E-state index in [1.54, 1.807) is 42.5 Å². The number of carbonyl (C=O) groups excluding carboxylic acids is 1. The van der Waals surface area contributed by atoms with Crippen LogP contribution in [0.4, 0.5) is 11.4 Å². The second-order valence-electron chi connectivity index (χ2n) is 6.33. The lowest BCUT2D eigenvalue weighted by atomic mass is 10.2. The highest BCUT2D eigenvalue weighted by Gasteiger charge is 2.21. The van der Waals surface area contributed by atoms with Crippen LogP contribution < -0.4 is 20.3 Å². The van der Waals surface area contributed by atoms with Crippen molar-refractivity contribution >= 4 is 29.4 Å². The summed E-state index contributed by atoms with van der Waals surface area (Å²) in [6, 6.07) is 13.8. The molecule has 3 rings (SSSR count). The smallest absolute Gasteiger partial charge is 0.395 e. The number of H-pyrrole nitrogens is 1.